The Labute approximate surface area is 118 Å². The van der Waals surface area contributed by atoms with Gasteiger partial charge in [0.15, 0.2) is 0 Å². The first-order valence-electron chi connectivity index (χ1n) is 6.22. The lowest BCUT2D eigenvalue weighted by Gasteiger charge is -2.19. The van der Waals surface area contributed by atoms with Gasteiger partial charge in [-0.1, -0.05) is 24.4 Å². The van der Waals surface area contributed by atoms with E-state index in [9.17, 15) is 0 Å². The van der Waals surface area contributed by atoms with Crippen molar-refractivity contribution in [1.29, 1.82) is 0 Å². The fourth-order valence-electron chi connectivity index (χ4n) is 1.92. The summed E-state index contributed by atoms with van der Waals surface area (Å²) in [6, 6.07) is 7.95. The van der Waals surface area contributed by atoms with Crippen LogP contribution >= 0.6 is 12.2 Å². The van der Waals surface area contributed by atoms with Crippen molar-refractivity contribution in [2.45, 2.75) is 20.0 Å². The molecule has 1 heterocycles. The summed E-state index contributed by atoms with van der Waals surface area (Å²) >= 11 is 5.00. The van der Waals surface area contributed by atoms with E-state index in [1.165, 1.54) is 5.56 Å². The zero-order valence-corrected chi connectivity index (χ0v) is 12.0. The predicted molar refractivity (Wildman–Crippen MR) is 82.3 cm³/mol. The third kappa shape index (κ3) is 3.32. The number of hydrogen-bond acceptors (Lipinski definition) is 3. The van der Waals surface area contributed by atoms with Crippen LogP contribution in [0.5, 0.6) is 0 Å². The van der Waals surface area contributed by atoms with Crippen molar-refractivity contribution in [2.75, 3.05) is 11.9 Å². The molecular weight excluding hydrogens is 256 g/mol. The number of nitrogens with two attached hydrogens (primary N) is 1. The molecule has 0 aliphatic carbocycles. The van der Waals surface area contributed by atoms with Gasteiger partial charge in [-0.2, -0.15) is 5.10 Å². The highest BCUT2D eigenvalue weighted by atomic mass is 32.1. The lowest BCUT2D eigenvalue weighted by Crippen LogP contribution is -2.17. The number of anilines is 1. The highest BCUT2D eigenvalue weighted by Gasteiger charge is 2.06. The van der Waals surface area contributed by atoms with Crippen LogP contribution in [0.2, 0.25) is 0 Å². The Kier molecular flexibility index (Phi) is 4.16. The van der Waals surface area contributed by atoms with Gasteiger partial charge in [0.25, 0.3) is 0 Å². The zero-order valence-electron chi connectivity index (χ0n) is 11.2. The molecule has 4 nitrogen and oxygen atoms in total. The Balaban J connectivity index is 2.12. The first kappa shape index (κ1) is 13.5. The third-order valence-electron chi connectivity index (χ3n) is 3.00. The van der Waals surface area contributed by atoms with Crippen LogP contribution in [0.1, 0.15) is 18.1 Å². The normalized spacial score (nSPS) is 10.4. The van der Waals surface area contributed by atoms with Gasteiger partial charge in [-0.15, -0.1) is 0 Å². The Hall–Kier alpha value is -1.88. The van der Waals surface area contributed by atoms with Crippen LogP contribution in [0, 0.1) is 0 Å². The van der Waals surface area contributed by atoms with E-state index < -0.39 is 0 Å². The Morgan fingerprint density at radius 3 is 2.89 bits per heavy atom. The Bertz CT molecular complexity index is 576. The van der Waals surface area contributed by atoms with Crippen molar-refractivity contribution < 1.29 is 0 Å². The van der Waals surface area contributed by atoms with Gasteiger partial charge in [0.1, 0.15) is 4.99 Å². The molecule has 0 atom stereocenters. The Morgan fingerprint density at radius 2 is 2.26 bits per heavy atom. The molecule has 2 rings (SSSR count). The first-order valence-corrected chi connectivity index (χ1v) is 6.63. The molecule has 5 heteroatoms. The molecule has 0 saturated carbocycles. The molecular formula is C14H18N4S. The number of rotatable bonds is 5. The second-order valence-electron chi connectivity index (χ2n) is 4.47. The molecule has 0 amide bonds. The summed E-state index contributed by atoms with van der Waals surface area (Å²) in [6.07, 6.45) is 3.96. The molecule has 1 aromatic carbocycles. The first-order chi connectivity index (χ1) is 9.10. The molecule has 2 aromatic rings. The van der Waals surface area contributed by atoms with Gasteiger partial charge < -0.3 is 10.6 Å². The number of hydrogen-bond donors (Lipinski definition) is 1. The topological polar surface area (TPSA) is 47.1 Å². The van der Waals surface area contributed by atoms with Crippen LogP contribution < -0.4 is 10.6 Å². The minimum atomic E-state index is 0.425. The number of thiocarbonyl (C=S) groups is 1. The number of aryl methyl sites for hydroxylation is 1. The third-order valence-corrected chi connectivity index (χ3v) is 3.24. The second-order valence-corrected chi connectivity index (χ2v) is 4.91. The van der Waals surface area contributed by atoms with E-state index in [2.05, 4.69) is 23.1 Å². The second kappa shape index (κ2) is 5.84. The molecule has 1 aromatic heterocycles. The van der Waals surface area contributed by atoms with E-state index in [1.54, 1.807) is 0 Å². The SMILES string of the molecule is CCn1cc(CN(C)c2cccc(C(N)=S)c2)cn1. The van der Waals surface area contributed by atoms with Crippen LogP contribution in [0.15, 0.2) is 36.7 Å². The van der Waals surface area contributed by atoms with Gasteiger partial charge in [0, 0.05) is 43.1 Å². The molecule has 0 spiro atoms. The summed E-state index contributed by atoms with van der Waals surface area (Å²) < 4.78 is 1.93. The average molecular weight is 274 g/mol. The molecule has 0 radical (unpaired) electrons. The number of aromatic nitrogens is 2. The van der Waals surface area contributed by atoms with Crippen molar-refractivity contribution in [3.8, 4) is 0 Å². The van der Waals surface area contributed by atoms with Crippen molar-refractivity contribution in [3.63, 3.8) is 0 Å². The van der Waals surface area contributed by atoms with E-state index in [0.29, 0.717) is 4.99 Å². The summed E-state index contributed by atoms with van der Waals surface area (Å²) in [5, 5.41) is 4.28. The lowest BCUT2D eigenvalue weighted by atomic mass is 10.2. The van der Waals surface area contributed by atoms with Crippen LogP contribution in [-0.4, -0.2) is 21.8 Å². The largest absolute Gasteiger partial charge is 0.389 e. The summed E-state index contributed by atoms with van der Waals surface area (Å²) in [4.78, 5) is 2.58. The maximum Gasteiger partial charge on any atom is 0.104 e. The lowest BCUT2D eigenvalue weighted by molar-refractivity contribution is 0.659. The zero-order chi connectivity index (χ0) is 13.8. The molecule has 0 aliphatic rings. The minimum Gasteiger partial charge on any atom is -0.389 e. The average Bonchev–Trinajstić information content (AvgIpc) is 2.86. The fraction of sp³-hybridized carbons (Fsp3) is 0.286. The highest BCUT2D eigenvalue weighted by molar-refractivity contribution is 7.80. The molecule has 0 aliphatic heterocycles. The molecule has 0 bridgehead atoms. The number of nitrogens with zero attached hydrogens (tertiary/aromatic N) is 3. The van der Waals surface area contributed by atoms with Crippen molar-refractivity contribution in [3.05, 3.63) is 47.8 Å². The highest BCUT2D eigenvalue weighted by Crippen LogP contribution is 2.17. The molecule has 0 fully saturated rings. The van der Waals surface area contributed by atoms with Crippen molar-refractivity contribution in [2.24, 2.45) is 5.73 Å². The summed E-state index contributed by atoms with van der Waals surface area (Å²) in [5.41, 5.74) is 8.83. The Morgan fingerprint density at radius 1 is 1.47 bits per heavy atom. The van der Waals surface area contributed by atoms with Crippen LogP contribution in [0.25, 0.3) is 0 Å². The van der Waals surface area contributed by atoms with Crippen LogP contribution in [-0.2, 0) is 13.1 Å². The maximum absolute atomic E-state index is 5.66. The summed E-state index contributed by atoms with van der Waals surface area (Å²) in [7, 11) is 2.04. The van der Waals surface area contributed by atoms with Gasteiger partial charge in [-0.05, 0) is 19.1 Å². The van der Waals surface area contributed by atoms with Crippen LogP contribution in [0.4, 0.5) is 5.69 Å². The van der Waals surface area contributed by atoms with Gasteiger partial charge in [0.05, 0.1) is 6.20 Å². The van der Waals surface area contributed by atoms with Gasteiger partial charge in [-0.25, -0.2) is 0 Å². The van der Waals surface area contributed by atoms with Gasteiger partial charge >= 0.3 is 0 Å². The number of benzene rings is 1. The molecule has 0 saturated heterocycles. The van der Waals surface area contributed by atoms with E-state index >= 15 is 0 Å². The summed E-state index contributed by atoms with van der Waals surface area (Å²) in [6.45, 7) is 3.77. The quantitative estimate of drug-likeness (QED) is 0.849. The van der Waals surface area contributed by atoms with E-state index in [1.807, 2.05) is 42.2 Å². The standard InChI is InChI=1S/C14H18N4S/c1-3-18-10-11(8-16-18)9-17(2)13-6-4-5-12(7-13)14(15)19/h4-8,10H,3,9H2,1-2H3,(H2,15,19). The molecule has 19 heavy (non-hydrogen) atoms. The fourth-order valence-corrected chi connectivity index (χ4v) is 2.05. The monoisotopic (exact) mass is 274 g/mol. The minimum absolute atomic E-state index is 0.425. The molecule has 2 N–H and O–H groups in total. The predicted octanol–water partition coefficient (Wildman–Crippen LogP) is 2.17. The van der Waals surface area contributed by atoms with Crippen LogP contribution in [0.3, 0.4) is 0 Å². The molecule has 100 valence electrons. The van der Waals surface area contributed by atoms with Crippen molar-refractivity contribution in [1.82, 2.24) is 9.78 Å². The molecule has 0 unspecified atom stereocenters. The van der Waals surface area contributed by atoms with Gasteiger partial charge in [-0.3, -0.25) is 4.68 Å². The van der Waals surface area contributed by atoms with E-state index in [4.69, 9.17) is 18.0 Å². The van der Waals surface area contributed by atoms with Crippen molar-refractivity contribution >= 4 is 22.9 Å². The van der Waals surface area contributed by atoms with E-state index in [-0.39, 0.29) is 0 Å². The van der Waals surface area contributed by atoms with E-state index in [0.717, 1.165) is 24.3 Å². The smallest absolute Gasteiger partial charge is 0.104 e. The maximum atomic E-state index is 5.66. The van der Waals surface area contributed by atoms with Gasteiger partial charge in [0.2, 0.25) is 0 Å². The summed E-state index contributed by atoms with van der Waals surface area (Å²) in [5.74, 6) is 0.